The summed E-state index contributed by atoms with van der Waals surface area (Å²) < 4.78 is 19.2. The molecule has 154 valence electrons. The molecular weight excluding hydrogens is 383 g/mol. The van der Waals surface area contributed by atoms with Crippen molar-refractivity contribution in [3.8, 4) is 5.75 Å². The number of halogens is 1. The van der Waals surface area contributed by atoms with E-state index in [-0.39, 0.29) is 18.0 Å². The number of nitrogens with one attached hydrogen (secondary N) is 2. The SMILES string of the molecule is CCOc1ccc(C(NC(=O)CNC(=O)c2ccccc2F)c2ccccc2)cc1. The van der Waals surface area contributed by atoms with Gasteiger partial charge in [0.25, 0.3) is 5.91 Å². The molecule has 0 aliphatic rings. The van der Waals surface area contributed by atoms with E-state index in [2.05, 4.69) is 10.6 Å². The van der Waals surface area contributed by atoms with Gasteiger partial charge in [-0.15, -0.1) is 0 Å². The highest BCUT2D eigenvalue weighted by Gasteiger charge is 2.18. The van der Waals surface area contributed by atoms with Crippen molar-refractivity contribution >= 4 is 11.8 Å². The van der Waals surface area contributed by atoms with E-state index in [0.29, 0.717) is 6.61 Å². The second-order valence-corrected chi connectivity index (χ2v) is 6.58. The Morgan fingerprint density at radius 3 is 2.20 bits per heavy atom. The van der Waals surface area contributed by atoms with E-state index in [9.17, 15) is 14.0 Å². The fraction of sp³-hybridized carbons (Fsp3) is 0.167. The Balaban J connectivity index is 1.70. The molecule has 0 spiro atoms. The number of amides is 2. The van der Waals surface area contributed by atoms with Crippen LogP contribution in [0.1, 0.15) is 34.5 Å². The molecule has 3 aromatic rings. The number of hydrogen-bond acceptors (Lipinski definition) is 3. The third-order valence-electron chi connectivity index (χ3n) is 4.49. The molecule has 1 unspecified atom stereocenters. The van der Waals surface area contributed by atoms with Gasteiger partial charge < -0.3 is 15.4 Å². The summed E-state index contributed by atoms with van der Waals surface area (Å²) in [6.07, 6.45) is 0. The zero-order valence-corrected chi connectivity index (χ0v) is 16.6. The van der Waals surface area contributed by atoms with E-state index in [1.165, 1.54) is 18.2 Å². The van der Waals surface area contributed by atoms with E-state index in [1.54, 1.807) is 6.07 Å². The number of carbonyl (C=O) groups is 2. The van der Waals surface area contributed by atoms with E-state index in [1.807, 2.05) is 61.5 Å². The molecule has 3 aromatic carbocycles. The topological polar surface area (TPSA) is 67.4 Å². The predicted molar refractivity (Wildman–Crippen MR) is 113 cm³/mol. The number of rotatable bonds is 8. The lowest BCUT2D eigenvalue weighted by Gasteiger charge is -2.20. The van der Waals surface area contributed by atoms with Crippen molar-refractivity contribution in [1.82, 2.24) is 10.6 Å². The smallest absolute Gasteiger partial charge is 0.254 e. The lowest BCUT2D eigenvalue weighted by molar-refractivity contribution is -0.120. The van der Waals surface area contributed by atoms with Crippen LogP contribution in [0.4, 0.5) is 4.39 Å². The number of hydrogen-bond donors (Lipinski definition) is 2. The molecule has 30 heavy (non-hydrogen) atoms. The van der Waals surface area contributed by atoms with Crippen molar-refractivity contribution < 1.29 is 18.7 Å². The molecule has 2 amide bonds. The van der Waals surface area contributed by atoms with Crippen LogP contribution in [0.5, 0.6) is 5.75 Å². The zero-order chi connectivity index (χ0) is 21.3. The number of carbonyl (C=O) groups excluding carboxylic acids is 2. The minimum atomic E-state index is -0.638. The van der Waals surface area contributed by atoms with Crippen molar-refractivity contribution in [2.24, 2.45) is 0 Å². The molecule has 6 heteroatoms. The monoisotopic (exact) mass is 406 g/mol. The normalized spacial score (nSPS) is 11.4. The van der Waals surface area contributed by atoms with Crippen LogP contribution < -0.4 is 15.4 Å². The van der Waals surface area contributed by atoms with Gasteiger partial charge in [0, 0.05) is 0 Å². The van der Waals surface area contributed by atoms with Crippen LogP contribution in [-0.2, 0) is 4.79 Å². The minimum Gasteiger partial charge on any atom is -0.494 e. The van der Waals surface area contributed by atoms with Crippen LogP contribution in [-0.4, -0.2) is 25.0 Å². The molecule has 0 bridgehead atoms. The average Bonchev–Trinajstić information content (AvgIpc) is 2.77. The van der Waals surface area contributed by atoms with Crippen LogP contribution >= 0.6 is 0 Å². The molecule has 0 saturated heterocycles. The Labute approximate surface area is 174 Å². The third-order valence-corrected chi connectivity index (χ3v) is 4.49. The zero-order valence-electron chi connectivity index (χ0n) is 16.6. The van der Waals surface area contributed by atoms with E-state index in [0.717, 1.165) is 16.9 Å². The molecule has 0 fully saturated rings. The first-order valence-corrected chi connectivity index (χ1v) is 9.68. The van der Waals surface area contributed by atoms with Crippen LogP contribution in [0.15, 0.2) is 78.9 Å². The maximum atomic E-state index is 13.7. The number of ether oxygens (including phenoxy) is 1. The Kier molecular flexibility index (Phi) is 7.16. The molecule has 0 saturated carbocycles. The van der Waals surface area contributed by atoms with Gasteiger partial charge in [0.05, 0.1) is 24.8 Å². The van der Waals surface area contributed by atoms with Gasteiger partial charge in [-0.3, -0.25) is 9.59 Å². The van der Waals surface area contributed by atoms with Crippen molar-refractivity contribution in [2.75, 3.05) is 13.2 Å². The Morgan fingerprint density at radius 1 is 0.900 bits per heavy atom. The average molecular weight is 406 g/mol. The second kappa shape index (κ2) is 10.2. The van der Waals surface area contributed by atoms with Crippen LogP contribution in [0.2, 0.25) is 0 Å². The first-order valence-electron chi connectivity index (χ1n) is 9.68. The summed E-state index contributed by atoms with van der Waals surface area (Å²) in [6, 6.07) is 22.2. The van der Waals surface area contributed by atoms with Crippen molar-refractivity contribution in [1.29, 1.82) is 0 Å². The highest BCUT2D eigenvalue weighted by Crippen LogP contribution is 2.24. The summed E-state index contributed by atoms with van der Waals surface area (Å²) in [5.74, 6) is -0.911. The molecule has 0 aliphatic heterocycles. The quantitative estimate of drug-likeness (QED) is 0.597. The van der Waals surface area contributed by atoms with Crippen LogP contribution in [0.3, 0.4) is 0 Å². The minimum absolute atomic E-state index is 0.101. The van der Waals surface area contributed by atoms with Gasteiger partial charge in [0.1, 0.15) is 11.6 Å². The molecular formula is C24H23FN2O3. The standard InChI is InChI=1S/C24H23FN2O3/c1-2-30-19-14-12-18(13-15-19)23(17-8-4-3-5-9-17)27-22(28)16-26-24(29)20-10-6-7-11-21(20)25/h3-15,23H,2,16H2,1H3,(H,26,29)(H,27,28). The number of benzene rings is 3. The van der Waals surface area contributed by atoms with Gasteiger partial charge in [-0.2, -0.15) is 0 Å². The maximum absolute atomic E-state index is 13.7. The van der Waals surface area contributed by atoms with Gasteiger partial charge in [-0.1, -0.05) is 54.6 Å². The fourth-order valence-electron chi connectivity index (χ4n) is 3.04. The van der Waals surface area contributed by atoms with Crippen LogP contribution in [0, 0.1) is 5.82 Å². The lowest BCUT2D eigenvalue weighted by Crippen LogP contribution is -2.39. The van der Waals surface area contributed by atoms with Gasteiger partial charge in [-0.25, -0.2) is 4.39 Å². The summed E-state index contributed by atoms with van der Waals surface area (Å²) in [7, 11) is 0. The Bertz CT molecular complexity index is 991. The maximum Gasteiger partial charge on any atom is 0.254 e. The first-order chi connectivity index (χ1) is 14.6. The lowest BCUT2D eigenvalue weighted by atomic mass is 9.98. The summed E-state index contributed by atoms with van der Waals surface area (Å²) >= 11 is 0. The predicted octanol–water partition coefficient (Wildman–Crippen LogP) is 3.86. The summed E-state index contributed by atoms with van der Waals surface area (Å²) in [5.41, 5.74) is 1.67. The van der Waals surface area contributed by atoms with E-state index < -0.39 is 17.8 Å². The van der Waals surface area contributed by atoms with E-state index in [4.69, 9.17) is 4.74 Å². The molecule has 2 N–H and O–H groups in total. The molecule has 1 atom stereocenters. The first kappa shape index (κ1) is 21.0. The van der Waals surface area contributed by atoms with Crippen molar-refractivity contribution in [3.63, 3.8) is 0 Å². The summed E-state index contributed by atoms with van der Waals surface area (Å²) in [6.45, 7) is 2.21. The van der Waals surface area contributed by atoms with Gasteiger partial charge in [0.2, 0.25) is 5.91 Å². The fourth-order valence-corrected chi connectivity index (χ4v) is 3.04. The second-order valence-electron chi connectivity index (χ2n) is 6.58. The highest BCUT2D eigenvalue weighted by molar-refractivity contribution is 5.96. The highest BCUT2D eigenvalue weighted by atomic mass is 19.1. The molecule has 5 nitrogen and oxygen atoms in total. The van der Waals surface area contributed by atoms with E-state index >= 15 is 0 Å². The van der Waals surface area contributed by atoms with Crippen molar-refractivity contribution in [3.05, 3.63) is 101 Å². The summed E-state index contributed by atoms with van der Waals surface area (Å²) in [4.78, 5) is 24.7. The van der Waals surface area contributed by atoms with Crippen molar-refractivity contribution in [2.45, 2.75) is 13.0 Å². The van der Waals surface area contributed by atoms with Gasteiger partial charge in [-0.05, 0) is 42.3 Å². The Hall–Kier alpha value is -3.67. The summed E-state index contributed by atoms with van der Waals surface area (Å²) in [5, 5.41) is 5.40. The van der Waals surface area contributed by atoms with Gasteiger partial charge in [0.15, 0.2) is 0 Å². The largest absolute Gasteiger partial charge is 0.494 e. The Morgan fingerprint density at radius 2 is 1.53 bits per heavy atom. The molecule has 0 heterocycles. The molecule has 0 aliphatic carbocycles. The molecule has 0 aromatic heterocycles. The molecule has 3 rings (SSSR count). The van der Waals surface area contributed by atoms with Gasteiger partial charge >= 0.3 is 0 Å². The van der Waals surface area contributed by atoms with Crippen LogP contribution in [0.25, 0.3) is 0 Å². The third kappa shape index (κ3) is 5.44. The molecule has 0 radical (unpaired) electrons.